The summed E-state index contributed by atoms with van der Waals surface area (Å²) in [5, 5.41) is 54.2. The number of hydrogen-bond donors (Lipinski definition) is 0. The Labute approximate surface area is 830 Å². The van der Waals surface area contributed by atoms with Crippen LogP contribution in [0.2, 0.25) is 0 Å². The molecule has 0 fully saturated rings. The highest BCUT2D eigenvalue weighted by Crippen LogP contribution is 2.54. The summed E-state index contributed by atoms with van der Waals surface area (Å²) >= 11 is 0. The van der Waals surface area contributed by atoms with Crippen molar-refractivity contribution in [2.75, 3.05) is 29.4 Å². The molecule has 3 aromatic heterocycles. The van der Waals surface area contributed by atoms with E-state index in [1.54, 1.807) is 0 Å². The minimum Gasteiger partial charge on any atom is -0.310 e. The van der Waals surface area contributed by atoms with Gasteiger partial charge in [0.05, 0.1) is 86.3 Å². The highest BCUT2D eigenvalue weighted by Gasteiger charge is 2.29. The van der Waals surface area contributed by atoms with Gasteiger partial charge in [0, 0.05) is 107 Å². The lowest BCUT2D eigenvalue weighted by Gasteiger charge is -2.29. The number of nitrogens with zero attached hydrogens (tertiary/aromatic N) is 13. The molecule has 0 saturated carbocycles. The van der Waals surface area contributed by atoms with Crippen LogP contribution in [0, 0.1) is 34.0 Å². The molecule has 27 aromatic rings. The van der Waals surface area contributed by atoms with E-state index in [-0.39, 0.29) is 0 Å². The third-order valence-corrected chi connectivity index (χ3v) is 27.5. The number of nitriles is 3. The number of para-hydroxylation sites is 8. The van der Waals surface area contributed by atoms with Crippen LogP contribution in [0.1, 0.15) is 16.7 Å². The van der Waals surface area contributed by atoms with E-state index in [2.05, 4.69) is 399 Å². The first-order chi connectivity index (χ1) is 71.3. The number of fused-ring (bicyclic) bond motifs is 3. The Morgan fingerprint density at radius 3 is 0.799 bits per heavy atom. The lowest BCUT2D eigenvalue weighted by Crippen LogP contribution is -2.13. The zero-order valence-corrected chi connectivity index (χ0v) is 77.7. The topological polar surface area (TPSA) is 142 Å². The van der Waals surface area contributed by atoms with Gasteiger partial charge in [0.15, 0.2) is 5.82 Å². The van der Waals surface area contributed by atoms with Gasteiger partial charge in [0.25, 0.3) is 0 Å². The quantitative estimate of drug-likeness (QED) is 0.0753. The molecule has 0 aliphatic heterocycles. The van der Waals surface area contributed by atoms with E-state index in [0.717, 1.165) is 168 Å². The zero-order valence-electron chi connectivity index (χ0n) is 77.7. The van der Waals surface area contributed by atoms with E-state index in [9.17, 15) is 15.8 Å². The molecule has 0 radical (unpaired) electrons. The van der Waals surface area contributed by atoms with Crippen LogP contribution in [-0.4, -0.2) is 19.9 Å². The molecule has 0 N–H and O–H groups in total. The molecule has 144 heavy (non-hydrogen) atoms. The van der Waals surface area contributed by atoms with E-state index >= 15 is 0 Å². The summed E-state index contributed by atoms with van der Waals surface area (Å²) in [5.41, 5.74) is 19.3. The van der Waals surface area contributed by atoms with Crippen LogP contribution < -0.4 is 29.4 Å². The fourth-order valence-electron chi connectivity index (χ4n) is 21.0. The van der Waals surface area contributed by atoms with Crippen molar-refractivity contribution in [2.24, 2.45) is 0 Å². The second kappa shape index (κ2) is 36.7. The van der Waals surface area contributed by atoms with E-state index < -0.39 is 0 Å². The molecule has 0 aliphatic rings. The summed E-state index contributed by atoms with van der Waals surface area (Å²) in [7, 11) is 0. The van der Waals surface area contributed by atoms with Gasteiger partial charge in [-0.15, -0.1) is 0 Å². The molecular weight excluding hydrogens is 1760 g/mol. The van der Waals surface area contributed by atoms with Crippen LogP contribution in [0.15, 0.2) is 504 Å². The number of anilines is 18. The molecule has 13 heteroatoms. The minimum atomic E-state index is 0.633. The summed E-state index contributed by atoms with van der Waals surface area (Å²) in [6, 6.07) is 175. The SMILES string of the molecule is N#Cc1ccc(N(c2ccccc2)c2ccc3ccc4c(N(c5ccccc5)c5cc6ccccc6cn5)ccc5ccc2c3c54)cc1.N#Cc1ccc(N(c2ccccc2)c2ccc3ccc4c(N(c5ccccc5)c5cnc6ccccc6n5)ccc5ccc2c3c54)cc1.N#Cc1ccc(N(c2ccccc2)c2ccc3ccc4c(N(c5ccccc5)c5nccc6ccccc56)ccc5ccc2c3c54)cc1. The van der Waals surface area contributed by atoms with Gasteiger partial charge >= 0.3 is 0 Å². The average molecular weight is 1840 g/mol. The van der Waals surface area contributed by atoms with Crippen molar-refractivity contribution in [3.8, 4) is 18.2 Å². The molecular formula is C131H83N13. The maximum absolute atomic E-state index is 9.49. The molecule has 0 spiro atoms. The summed E-state index contributed by atoms with van der Waals surface area (Å²) < 4.78 is 0. The van der Waals surface area contributed by atoms with Crippen molar-refractivity contribution in [1.82, 2.24) is 19.9 Å². The van der Waals surface area contributed by atoms with Crippen molar-refractivity contribution in [1.29, 1.82) is 15.8 Å². The van der Waals surface area contributed by atoms with Gasteiger partial charge in [-0.2, -0.15) is 15.8 Å². The van der Waals surface area contributed by atoms with Crippen molar-refractivity contribution in [3.05, 3.63) is 521 Å². The Morgan fingerprint density at radius 2 is 0.444 bits per heavy atom. The van der Waals surface area contributed by atoms with Crippen molar-refractivity contribution >= 4 is 232 Å². The van der Waals surface area contributed by atoms with Crippen LogP contribution in [-0.2, 0) is 0 Å². The van der Waals surface area contributed by atoms with Crippen molar-refractivity contribution in [2.45, 2.75) is 0 Å². The first-order valence-corrected chi connectivity index (χ1v) is 48.0. The number of pyridine rings is 2. The monoisotopic (exact) mass is 1840 g/mol. The summed E-state index contributed by atoms with van der Waals surface area (Å²) in [6.07, 6.45) is 5.72. The molecule has 0 bridgehead atoms. The Bertz CT molecular complexity index is 9260. The Kier molecular flexibility index (Phi) is 21.8. The maximum atomic E-state index is 9.49. The van der Waals surface area contributed by atoms with E-state index in [0.29, 0.717) is 16.7 Å². The fourth-order valence-corrected chi connectivity index (χ4v) is 21.0. The van der Waals surface area contributed by atoms with Crippen molar-refractivity contribution < 1.29 is 0 Å². The minimum absolute atomic E-state index is 0.633. The van der Waals surface area contributed by atoms with E-state index in [4.69, 9.17) is 19.9 Å². The highest BCUT2D eigenvalue weighted by atomic mass is 15.2. The van der Waals surface area contributed by atoms with Gasteiger partial charge in [-0.3, -0.25) is 19.7 Å². The normalized spacial score (nSPS) is 11.3. The molecule has 0 amide bonds. The van der Waals surface area contributed by atoms with E-state index in [1.165, 1.54) is 64.6 Å². The molecule has 27 rings (SSSR count). The summed E-state index contributed by atoms with van der Waals surface area (Å²) in [4.78, 5) is 33.5. The first kappa shape index (κ1) is 85.5. The van der Waals surface area contributed by atoms with Gasteiger partial charge in [-0.1, -0.05) is 279 Å². The average Bonchev–Trinajstić information content (AvgIpc) is 0.725. The number of hydrogen-bond acceptors (Lipinski definition) is 13. The molecule has 24 aromatic carbocycles. The Balaban J connectivity index is 0.000000113. The smallest absolute Gasteiger partial charge is 0.156 e. The molecule has 0 saturated heterocycles. The zero-order chi connectivity index (χ0) is 96.1. The molecule has 3 heterocycles. The predicted molar refractivity (Wildman–Crippen MR) is 596 cm³/mol. The van der Waals surface area contributed by atoms with Gasteiger partial charge < -0.3 is 14.7 Å². The van der Waals surface area contributed by atoms with Gasteiger partial charge in [0.1, 0.15) is 11.6 Å². The molecule has 13 nitrogen and oxygen atoms in total. The lowest BCUT2D eigenvalue weighted by atomic mass is 9.91. The largest absolute Gasteiger partial charge is 0.310 e. The molecule has 672 valence electrons. The van der Waals surface area contributed by atoms with Crippen LogP contribution in [0.4, 0.5) is 103 Å². The summed E-state index contributed by atoms with van der Waals surface area (Å²) in [6.45, 7) is 0. The summed E-state index contributed by atoms with van der Waals surface area (Å²) in [5.74, 6) is 2.52. The van der Waals surface area contributed by atoms with Gasteiger partial charge in [0.2, 0.25) is 0 Å². The van der Waals surface area contributed by atoms with Crippen LogP contribution >= 0.6 is 0 Å². The number of benzene rings is 24. The molecule has 0 atom stereocenters. The lowest BCUT2D eigenvalue weighted by molar-refractivity contribution is 1.18. The molecule has 0 aliphatic carbocycles. The van der Waals surface area contributed by atoms with E-state index in [1.807, 2.05) is 152 Å². The van der Waals surface area contributed by atoms with Gasteiger partial charge in [-0.05, 0) is 282 Å². The first-order valence-electron chi connectivity index (χ1n) is 48.0. The maximum Gasteiger partial charge on any atom is 0.156 e. The number of rotatable bonds is 18. The van der Waals surface area contributed by atoms with Crippen LogP contribution in [0.3, 0.4) is 0 Å². The standard InChI is InChI=1S/2C44H28N4.C43H27N5/c45-28-30-15-21-37(22-16-30)47(35-11-3-1-4-12-35)40-25-19-31-18-24-39-41(26-20-32-17-23-38(40)43(31)44(32)39)48(36-13-5-2-6-14-36)42-27-33-9-7-8-10-34(33)29-46-42;45-29-30-15-21-36(22-16-30)47(34-10-3-1-4-11-34)40-25-19-32-18-24-39-41(26-20-33-17-23-38(40)42(32)43(33)39)48(35-12-5-2-6-13-35)44-37-14-8-7-9-31(37)27-28-46-44;44-27-29-15-21-34(22-16-29)47(32-9-3-1-4-10-32)39-25-19-30-18-24-36-40(26-20-31-17-23-35(39)42(30)43(31)36)48(33-11-5-2-6-12-33)41-28-45-37-13-7-8-14-38(37)46-41/h1-27,29H;1-28H;1-26,28H. The highest BCUT2D eigenvalue weighted by molar-refractivity contribution is 6.32. The Hall–Kier alpha value is -20.2. The number of aromatic nitrogens is 4. The second-order valence-electron chi connectivity index (χ2n) is 35.7. The third-order valence-electron chi connectivity index (χ3n) is 27.5. The van der Waals surface area contributed by atoms with Crippen molar-refractivity contribution in [3.63, 3.8) is 0 Å². The second-order valence-corrected chi connectivity index (χ2v) is 35.7. The predicted octanol–water partition coefficient (Wildman–Crippen LogP) is 35.2. The Morgan fingerprint density at radius 1 is 0.174 bits per heavy atom. The molecule has 0 unspecified atom stereocenters. The van der Waals surface area contributed by atoms with Gasteiger partial charge in [-0.25, -0.2) is 15.0 Å². The van der Waals surface area contributed by atoms with Crippen LogP contribution in [0.5, 0.6) is 0 Å². The fraction of sp³-hybridized carbons (Fsp3) is 0. The third kappa shape index (κ3) is 15.3. The van der Waals surface area contributed by atoms with Crippen LogP contribution in [0.25, 0.3) is 130 Å².